The molecule has 3 rings (SSSR count). The molecular weight excluding hydrogens is 318 g/mol. The molecule has 0 radical (unpaired) electrons. The lowest BCUT2D eigenvalue weighted by atomic mass is 10.2. The molecule has 1 saturated heterocycles. The van der Waals surface area contributed by atoms with Crippen LogP contribution in [0.5, 0.6) is 0 Å². The molecule has 2 aromatic carbocycles. The summed E-state index contributed by atoms with van der Waals surface area (Å²) in [5.41, 5.74) is 3.71. The van der Waals surface area contributed by atoms with E-state index in [9.17, 15) is 4.79 Å². The lowest BCUT2D eigenvalue weighted by Crippen LogP contribution is -2.27. The summed E-state index contributed by atoms with van der Waals surface area (Å²) >= 11 is 5.34. The van der Waals surface area contributed by atoms with E-state index in [1.807, 2.05) is 60.4 Å². The van der Waals surface area contributed by atoms with Gasteiger partial charge in [0.2, 0.25) is 0 Å². The molecule has 0 bridgehead atoms. The summed E-state index contributed by atoms with van der Waals surface area (Å²) in [5.74, 6) is 0.111. The van der Waals surface area contributed by atoms with Gasteiger partial charge < -0.3 is 15.5 Å². The van der Waals surface area contributed by atoms with Crippen molar-refractivity contribution >= 4 is 34.6 Å². The second-order valence-corrected chi connectivity index (χ2v) is 6.43. The Morgan fingerprint density at radius 3 is 2.33 bits per heavy atom. The highest BCUT2D eigenvalue weighted by Gasteiger charge is 2.19. The summed E-state index contributed by atoms with van der Waals surface area (Å²) in [7, 11) is 0. The summed E-state index contributed by atoms with van der Waals surface area (Å²) in [5, 5.41) is 6.83. The standard InChI is InChI=1S/C19H21N3OS/c1-14-5-4-6-17(13-14)21-19(24)20-16-9-7-15(8-10-16)18(23)22-11-2-3-12-22/h4-10,13H,2-3,11-12H2,1H3,(H2,20,21,24). The van der Waals surface area contributed by atoms with Gasteiger partial charge in [-0.2, -0.15) is 0 Å². The maximum atomic E-state index is 12.3. The van der Waals surface area contributed by atoms with Crippen LogP contribution in [0.1, 0.15) is 28.8 Å². The predicted molar refractivity (Wildman–Crippen MR) is 103 cm³/mol. The van der Waals surface area contributed by atoms with Crippen LogP contribution in [0.2, 0.25) is 0 Å². The molecule has 0 saturated carbocycles. The quantitative estimate of drug-likeness (QED) is 0.829. The smallest absolute Gasteiger partial charge is 0.253 e. The van der Waals surface area contributed by atoms with E-state index in [1.165, 1.54) is 5.56 Å². The number of amides is 1. The Morgan fingerprint density at radius 2 is 1.67 bits per heavy atom. The zero-order valence-corrected chi connectivity index (χ0v) is 14.5. The van der Waals surface area contributed by atoms with Gasteiger partial charge in [-0.3, -0.25) is 4.79 Å². The number of anilines is 2. The van der Waals surface area contributed by atoms with E-state index in [0.29, 0.717) is 5.11 Å². The van der Waals surface area contributed by atoms with Gasteiger partial charge in [0, 0.05) is 30.0 Å². The molecule has 0 spiro atoms. The summed E-state index contributed by atoms with van der Waals surface area (Å²) in [6.45, 7) is 3.77. The Kier molecular flexibility index (Phi) is 5.11. The molecule has 24 heavy (non-hydrogen) atoms. The van der Waals surface area contributed by atoms with Gasteiger partial charge in [0.25, 0.3) is 5.91 Å². The van der Waals surface area contributed by atoms with E-state index in [0.717, 1.165) is 42.9 Å². The van der Waals surface area contributed by atoms with Crippen LogP contribution >= 0.6 is 12.2 Å². The first kappa shape index (κ1) is 16.5. The molecule has 2 aromatic rings. The number of hydrogen-bond acceptors (Lipinski definition) is 2. The van der Waals surface area contributed by atoms with Crippen LogP contribution in [0.3, 0.4) is 0 Å². The fourth-order valence-corrected chi connectivity index (χ4v) is 3.05. The van der Waals surface area contributed by atoms with Gasteiger partial charge in [0.1, 0.15) is 0 Å². The third kappa shape index (κ3) is 4.11. The first-order valence-electron chi connectivity index (χ1n) is 8.16. The molecule has 0 atom stereocenters. The number of carbonyl (C=O) groups is 1. The van der Waals surface area contributed by atoms with Gasteiger partial charge in [0.15, 0.2) is 5.11 Å². The minimum atomic E-state index is 0.111. The molecular formula is C19H21N3OS. The fraction of sp³-hybridized carbons (Fsp3) is 0.263. The SMILES string of the molecule is Cc1cccc(NC(=S)Nc2ccc(C(=O)N3CCCC3)cc2)c1. The highest BCUT2D eigenvalue weighted by molar-refractivity contribution is 7.80. The minimum absolute atomic E-state index is 0.111. The third-order valence-corrected chi connectivity index (χ3v) is 4.26. The van der Waals surface area contributed by atoms with Crippen molar-refractivity contribution in [2.24, 2.45) is 0 Å². The molecule has 1 heterocycles. The molecule has 1 aliphatic heterocycles. The number of carbonyl (C=O) groups excluding carboxylic acids is 1. The molecule has 1 aliphatic rings. The average molecular weight is 339 g/mol. The van der Waals surface area contributed by atoms with Crippen molar-refractivity contribution in [3.8, 4) is 0 Å². The Morgan fingerprint density at radius 1 is 1.00 bits per heavy atom. The van der Waals surface area contributed by atoms with Crippen LogP contribution in [-0.4, -0.2) is 29.0 Å². The third-order valence-electron chi connectivity index (χ3n) is 4.06. The van der Waals surface area contributed by atoms with Gasteiger partial charge in [-0.05, 0) is 73.9 Å². The predicted octanol–water partition coefficient (Wildman–Crippen LogP) is 4.04. The summed E-state index contributed by atoms with van der Waals surface area (Å²) in [6, 6.07) is 15.5. The van der Waals surface area contributed by atoms with E-state index < -0.39 is 0 Å². The Labute approximate surface area is 147 Å². The topological polar surface area (TPSA) is 44.4 Å². The van der Waals surface area contributed by atoms with Gasteiger partial charge in [-0.1, -0.05) is 12.1 Å². The molecule has 0 aromatic heterocycles. The largest absolute Gasteiger partial charge is 0.339 e. The van der Waals surface area contributed by atoms with E-state index in [4.69, 9.17) is 12.2 Å². The molecule has 2 N–H and O–H groups in total. The molecule has 1 fully saturated rings. The summed E-state index contributed by atoms with van der Waals surface area (Å²) < 4.78 is 0. The molecule has 0 aliphatic carbocycles. The van der Waals surface area contributed by atoms with Crippen LogP contribution in [0, 0.1) is 6.92 Å². The minimum Gasteiger partial charge on any atom is -0.339 e. The fourth-order valence-electron chi connectivity index (χ4n) is 2.82. The number of rotatable bonds is 3. The summed E-state index contributed by atoms with van der Waals surface area (Å²) in [6.07, 6.45) is 2.20. The van der Waals surface area contributed by atoms with Crippen molar-refractivity contribution in [3.63, 3.8) is 0 Å². The maximum absolute atomic E-state index is 12.3. The molecule has 1 amide bonds. The number of hydrogen-bond donors (Lipinski definition) is 2. The first-order valence-corrected chi connectivity index (χ1v) is 8.57. The van der Waals surface area contributed by atoms with Gasteiger partial charge >= 0.3 is 0 Å². The zero-order chi connectivity index (χ0) is 16.9. The van der Waals surface area contributed by atoms with Crippen LogP contribution < -0.4 is 10.6 Å². The van der Waals surface area contributed by atoms with E-state index in [1.54, 1.807) is 0 Å². The lowest BCUT2D eigenvalue weighted by Gasteiger charge is -2.16. The van der Waals surface area contributed by atoms with E-state index in [2.05, 4.69) is 10.6 Å². The van der Waals surface area contributed by atoms with Crippen LogP contribution in [0.15, 0.2) is 48.5 Å². The zero-order valence-electron chi connectivity index (χ0n) is 13.7. The average Bonchev–Trinajstić information content (AvgIpc) is 3.09. The second kappa shape index (κ2) is 7.45. The number of likely N-dealkylation sites (tertiary alicyclic amines) is 1. The van der Waals surface area contributed by atoms with Gasteiger partial charge in [-0.15, -0.1) is 0 Å². The van der Waals surface area contributed by atoms with Crippen molar-refractivity contribution in [2.45, 2.75) is 19.8 Å². The number of nitrogens with one attached hydrogen (secondary N) is 2. The lowest BCUT2D eigenvalue weighted by molar-refractivity contribution is 0.0793. The summed E-state index contributed by atoms with van der Waals surface area (Å²) in [4.78, 5) is 14.2. The number of aryl methyl sites for hydroxylation is 1. The van der Waals surface area contributed by atoms with Gasteiger partial charge in [0.05, 0.1) is 0 Å². The van der Waals surface area contributed by atoms with Crippen LogP contribution in [-0.2, 0) is 0 Å². The van der Waals surface area contributed by atoms with Crippen LogP contribution in [0.4, 0.5) is 11.4 Å². The Balaban J connectivity index is 1.59. The van der Waals surface area contributed by atoms with Crippen molar-refractivity contribution in [3.05, 3.63) is 59.7 Å². The van der Waals surface area contributed by atoms with Crippen molar-refractivity contribution in [1.82, 2.24) is 4.90 Å². The van der Waals surface area contributed by atoms with Gasteiger partial charge in [-0.25, -0.2) is 0 Å². The molecule has 5 heteroatoms. The monoisotopic (exact) mass is 339 g/mol. The maximum Gasteiger partial charge on any atom is 0.253 e. The Hall–Kier alpha value is -2.40. The molecule has 0 unspecified atom stereocenters. The van der Waals surface area contributed by atoms with E-state index in [-0.39, 0.29) is 5.91 Å². The highest BCUT2D eigenvalue weighted by atomic mass is 32.1. The second-order valence-electron chi connectivity index (χ2n) is 6.03. The molecule has 4 nitrogen and oxygen atoms in total. The van der Waals surface area contributed by atoms with Crippen molar-refractivity contribution in [2.75, 3.05) is 23.7 Å². The molecule has 124 valence electrons. The van der Waals surface area contributed by atoms with Crippen molar-refractivity contribution < 1.29 is 4.79 Å². The first-order chi connectivity index (χ1) is 11.6. The number of benzene rings is 2. The van der Waals surface area contributed by atoms with Crippen molar-refractivity contribution in [1.29, 1.82) is 0 Å². The van der Waals surface area contributed by atoms with E-state index >= 15 is 0 Å². The van der Waals surface area contributed by atoms with Crippen LogP contribution in [0.25, 0.3) is 0 Å². The number of nitrogens with zero attached hydrogens (tertiary/aromatic N) is 1. The normalized spacial score (nSPS) is 13.6. The Bertz CT molecular complexity index is 737. The highest BCUT2D eigenvalue weighted by Crippen LogP contribution is 2.16. The number of thiocarbonyl (C=S) groups is 1.